The molecule has 3 fully saturated rings. The monoisotopic (exact) mass is 679 g/mol. The second-order valence-corrected chi connectivity index (χ2v) is 14.7. The van der Waals surface area contributed by atoms with Crippen LogP contribution in [0, 0.1) is 18.3 Å². The summed E-state index contributed by atoms with van der Waals surface area (Å²) in [7, 11) is 2.18. The van der Waals surface area contributed by atoms with E-state index in [9.17, 15) is 14.4 Å². The van der Waals surface area contributed by atoms with E-state index in [1.807, 2.05) is 26.1 Å². The highest BCUT2D eigenvalue weighted by atomic mass is 35.5. The molecule has 4 amide bonds. The molecule has 3 N–H and O–H groups in total. The van der Waals surface area contributed by atoms with Crippen molar-refractivity contribution < 1.29 is 14.4 Å². The summed E-state index contributed by atoms with van der Waals surface area (Å²) in [5.41, 5.74) is 9.76. The molecule has 4 aliphatic rings. The third kappa shape index (κ3) is 7.72. The lowest BCUT2D eigenvalue weighted by Gasteiger charge is -2.41. The molecule has 3 saturated heterocycles. The van der Waals surface area contributed by atoms with Gasteiger partial charge < -0.3 is 30.7 Å². The first-order valence-corrected chi connectivity index (χ1v) is 18.2. The Kier molecular flexibility index (Phi) is 10.6. The van der Waals surface area contributed by atoms with Crippen LogP contribution in [-0.4, -0.2) is 114 Å². The fourth-order valence-electron chi connectivity index (χ4n) is 7.64. The summed E-state index contributed by atoms with van der Waals surface area (Å²) in [5, 5.41) is 7.40. The predicted octanol–water partition coefficient (Wildman–Crippen LogP) is 4.18. The molecular formula is C35H46ClN7O3S. The van der Waals surface area contributed by atoms with Gasteiger partial charge in [0.1, 0.15) is 0 Å². The molecule has 1 atom stereocenters. The molecule has 1 aromatic heterocycles. The smallest absolute Gasteiger partial charge is 0.322 e. The maximum atomic E-state index is 14.2. The number of thiophene rings is 1. The van der Waals surface area contributed by atoms with Crippen molar-refractivity contribution in [1.82, 2.24) is 24.5 Å². The number of carbonyl (C=O) groups is 3. The SMILES string of the molecule is C#Cc1cc(CC(CC(=O)N2CCC(N3Cc4cscc4NC3=O)CC2)C(=O)N2CCC(N3CCCN(C)CC3)CC2)cc(Cl)c1N. The Labute approximate surface area is 287 Å². The van der Waals surface area contributed by atoms with E-state index in [2.05, 4.69) is 33.5 Å². The van der Waals surface area contributed by atoms with Crippen molar-refractivity contribution in [3.05, 3.63) is 44.6 Å². The van der Waals surface area contributed by atoms with Gasteiger partial charge in [-0.2, -0.15) is 0 Å². The molecule has 0 bridgehead atoms. The average molecular weight is 680 g/mol. The van der Waals surface area contributed by atoms with E-state index < -0.39 is 5.92 Å². The van der Waals surface area contributed by atoms with E-state index in [1.165, 1.54) is 6.42 Å². The summed E-state index contributed by atoms with van der Waals surface area (Å²) in [6.07, 6.45) is 10.6. The van der Waals surface area contributed by atoms with Gasteiger partial charge in [0.15, 0.2) is 0 Å². The first-order chi connectivity index (χ1) is 22.7. The van der Waals surface area contributed by atoms with Gasteiger partial charge in [-0.05, 0) is 81.7 Å². The zero-order valence-corrected chi connectivity index (χ0v) is 28.8. The zero-order chi connectivity index (χ0) is 33.1. The molecule has 0 spiro atoms. The number of amides is 4. The van der Waals surface area contributed by atoms with Gasteiger partial charge in [0, 0.05) is 74.3 Å². The Morgan fingerprint density at radius 2 is 1.74 bits per heavy atom. The van der Waals surface area contributed by atoms with Gasteiger partial charge in [-0.15, -0.1) is 17.8 Å². The number of nitrogens with zero attached hydrogens (tertiary/aromatic N) is 5. The van der Waals surface area contributed by atoms with Crippen LogP contribution in [0.25, 0.3) is 0 Å². The van der Waals surface area contributed by atoms with E-state index >= 15 is 0 Å². The number of nitrogens with one attached hydrogen (secondary N) is 1. The molecule has 10 nitrogen and oxygen atoms in total. The van der Waals surface area contributed by atoms with Crippen LogP contribution in [0.3, 0.4) is 0 Å². The fourth-order valence-corrected chi connectivity index (χ4v) is 8.67. The predicted molar refractivity (Wildman–Crippen MR) is 187 cm³/mol. The first-order valence-electron chi connectivity index (χ1n) is 16.9. The van der Waals surface area contributed by atoms with Crippen LogP contribution in [-0.2, 0) is 22.6 Å². The molecular weight excluding hydrogens is 634 g/mol. The van der Waals surface area contributed by atoms with Gasteiger partial charge in [-0.3, -0.25) is 14.5 Å². The maximum Gasteiger partial charge on any atom is 0.322 e. The molecule has 12 heteroatoms. The number of fused-ring (bicyclic) bond motifs is 1. The topological polar surface area (TPSA) is 105 Å². The van der Waals surface area contributed by atoms with Crippen LogP contribution >= 0.6 is 22.9 Å². The minimum atomic E-state index is -0.543. The standard InChI is InChI=1S/C35H46ClN7O3S/c1-3-25-17-24(19-30(36)33(25)37)18-26(34(45)42-13-5-28(6-14-42)40-10-4-9-39(2)15-16-40)20-32(44)41-11-7-29(8-12-41)43-21-27-22-47-23-31(27)38-35(43)46/h1,17,19,22-23,26,28-29H,4-16,18,20-21,37H2,2H3,(H,38,46). The summed E-state index contributed by atoms with van der Waals surface area (Å²) in [5.74, 6) is 2.03. The van der Waals surface area contributed by atoms with Crippen molar-refractivity contribution in [2.24, 2.45) is 5.92 Å². The number of likely N-dealkylation sites (N-methyl/N-ethyl adjacent to an activating group) is 1. The third-order valence-electron chi connectivity index (χ3n) is 10.5. The largest absolute Gasteiger partial charge is 0.397 e. The van der Waals surface area contributed by atoms with Crippen molar-refractivity contribution in [1.29, 1.82) is 0 Å². The number of nitrogen functional groups attached to an aromatic ring is 1. The number of benzene rings is 1. The van der Waals surface area contributed by atoms with Gasteiger partial charge in [0.05, 0.1) is 28.9 Å². The summed E-state index contributed by atoms with van der Waals surface area (Å²) < 4.78 is 0. The molecule has 252 valence electrons. The van der Waals surface area contributed by atoms with Gasteiger partial charge >= 0.3 is 6.03 Å². The Bertz CT molecular complexity index is 1510. The number of likely N-dealkylation sites (tertiary alicyclic amines) is 2. The molecule has 47 heavy (non-hydrogen) atoms. The number of hydrogen-bond acceptors (Lipinski definition) is 7. The number of rotatable bonds is 7. The number of halogens is 1. The van der Waals surface area contributed by atoms with Crippen molar-refractivity contribution in [2.45, 2.75) is 63.6 Å². The molecule has 2 aromatic rings. The highest BCUT2D eigenvalue weighted by Crippen LogP contribution is 2.32. The van der Waals surface area contributed by atoms with Gasteiger partial charge in [0.25, 0.3) is 0 Å². The Morgan fingerprint density at radius 3 is 2.49 bits per heavy atom. The lowest BCUT2D eigenvalue weighted by molar-refractivity contribution is -0.143. The molecule has 1 unspecified atom stereocenters. The first kappa shape index (κ1) is 33.6. The molecule has 1 aromatic carbocycles. The molecule has 0 radical (unpaired) electrons. The summed E-state index contributed by atoms with van der Waals surface area (Å²) in [6, 6.07) is 4.04. The lowest BCUT2D eigenvalue weighted by Crippen LogP contribution is -2.52. The van der Waals surface area contributed by atoms with Gasteiger partial charge in [-0.1, -0.05) is 17.5 Å². The van der Waals surface area contributed by atoms with Crippen LogP contribution in [0.1, 0.15) is 55.2 Å². The van der Waals surface area contributed by atoms with Crippen molar-refractivity contribution in [2.75, 3.05) is 70.5 Å². The van der Waals surface area contributed by atoms with E-state index in [0.717, 1.165) is 55.8 Å². The van der Waals surface area contributed by atoms with Crippen molar-refractivity contribution >= 4 is 52.2 Å². The Balaban J connectivity index is 1.10. The van der Waals surface area contributed by atoms with Crippen LogP contribution < -0.4 is 11.1 Å². The fraction of sp³-hybridized carbons (Fsp3) is 0.571. The number of hydrogen-bond donors (Lipinski definition) is 2. The average Bonchev–Trinajstić information content (AvgIpc) is 3.42. The Hall–Kier alpha value is -3.30. The highest BCUT2D eigenvalue weighted by Gasteiger charge is 2.36. The highest BCUT2D eigenvalue weighted by molar-refractivity contribution is 7.08. The summed E-state index contributed by atoms with van der Waals surface area (Å²) in [6.45, 7) is 7.44. The Morgan fingerprint density at radius 1 is 1.02 bits per heavy atom. The van der Waals surface area contributed by atoms with Crippen LogP contribution in [0.15, 0.2) is 22.9 Å². The van der Waals surface area contributed by atoms with Crippen molar-refractivity contribution in [3.8, 4) is 12.3 Å². The number of carbonyl (C=O) groups excluding carboxylic acids is 3. The van der Waals surface area contributed by atoms with Crippen LogP contribution in [0.5, 0.6) is 0 Å². The zero-order valence-electron chi connectivity index (χ0n) is 27.3. The van der Waals surface area contributed by atoms with E-state index in [-0.39, 0.29) is 30.3 Å². The van der Waals surface area contributed by atoms with Crippen molar-refractivity contribution in [3.63, 3.8) is 0 Å². The number of urea groups is 1. The minimum Gasteiger partial charge on any atom is -0.397 e. The van der Waals surface area contributed by atoms with Crippen LogP contribution in [0.2, 0.25) is 5.02 Å². The van der Waals surface area contributed by atoms with Gasteiger partial charge in [0.2, 0.25) is 11.8 Å². The summed E-state index contributed by atoms with van der Waals surface area (Å²) >= 11 is 8.01. The second-order valence-electron chi connectivity index (χ2n) is 13.5. The molecule has 0 saturated carbocycles. The van der Waals surface area contributed by atoms with E-state index in [1.54, 1.807) is 17.4 Å². The quantitative estimate of drug-likeness (QED) is 0.336. The molecule has 5 heterocycles. The van der Waals surface area contributed by atoms with E-state index in [0.29, 0.717) is 74.3 Å². The lowest BCUT2D eigenvalue weighted by atomic mass is 9.91. The number of terminal acetylenes is 1. The number of piperidine rings is 2. The normalized spacial score (nSPS) is 21.1. The van der Waals surface area contributed by atoms with Crippen LogP contribution in [0.4, 0.5) is 16.2 Å². The van der Waals surface area contributed by atoms with Gasteiger partial charge in [-0.25, -0.2) is 4.79 Å². The second kappa shape index (κ2) is 14.9. The molecule has 4 aliphatic heterocycles. The number of anilines is 2. The third-order valence-corrected chi connectivity index (χ3v) is 11.6. The number of nitrogens with two attached hydrogens (primary N) is 1. The summed E-state index contributed by atoms with van der Waals surface area (Å²) in [4.78, 5) is 51.5. The molecule has 0 aliphatic carbocycles. The minimum absolute atomic E-state index is 0.00838. The maximum absolute atomic E-state index is 14.2. The molecule has 6 rings (SSSR count). The van der Waals surface area contributed by atoms with E-state index in [4.69, 9.17) is 23.8 Å².